The Morgan fingerprint density at radius 3 is 2.00 bits per heavy atom. The van der Waals surface area contributed by atoms with Crippen LogP contribution in [0.25, 0.3) is 0 Å². The van der Waals surface area contributed by atoms with Crippen LogP contribution in [0.5, 0.6) is 0 Å². The van der Waals surface area contributed by atoms with Crippen LogP contribution in [0, 0.1) is 5.41 Å². The third-order valence-electron chi connectivity index (χ3n) is 2.72. The average Bonchev–Trinajstić information content (AvgIpc) is 2.97. The van der Waals surface area contributed by atoms with E-state index < -0.39 is 31.1 Å². The second kappa shape index (κ2) is 4.13. The van der Waals surface area contributed by atoms with Gasteiger partial charge in [-0.2, -0.15) is 13.2 Å². The number of halogens is 3. The molecule has 0 N–H and O–H groups in total. The highest BCUT2D eigenvalue weighted by Crippen LogP contribution is 2.60. The molecule has 0 atom stereocenters. The molecule has 0 aromatic rings. The van der Waals surface area contributed by atoms with Gasteiger partial charge in [-0.3, -0.25) is 9.36 Å². The van der Waals surface area contributed by atoms with Crippen molar-refractivity contribution >= 4 is 13.4 Å². The van der Waals surface area contributed by atoms with Crippen molar-refractivity contribution in [1.82, 2.24) is 0 Å². The smallest absolute Gasteiger partial charge is 0.312 e. The zero-order chi connectivity index (χ0) is 12.6. The Balaban J connectivity index is 2.78. The summed E-state index contributed by atoms with van der Waals surface area (Å²) in [5.74, 6) is -1.12. The van der Waals surface area contributed by atoms with Crippen LogP contribution in [0.3, 0.4) is 0 Å². The van der Waals surface area contributed by atoms with E-state index in [4.69, 9.17) is 0 Å². The standard InChI is InChI=1S/C8H12F3O4P/c1-14-16(13,15-2)5-6(12)7(3-4-7)8(9,10)11/h3-5H2,1-2H3. The van der Waals surface area contributed by atoms with Crippen LogP contribution in [-0.2, 0) is 18.4 Å². The monoisotopic (exact) mass is 260 g/mol. The van der Waals surface area contributed by atoms with Crippen LogP contribution in [0.2, 0.25) is 0 Å². The lowest BCUT2D eigenvalue weighted by molar-refractivity contribution is -0.189. The quantitative estimate of drug-likeness (QED) is 0.712. The van der Waals surface area contributed by atoms with Gasteiger partial charge in [-0.1, -0.05) is 0 Å². The fraction of sp³-hybridized carbons (Fsp3) is 0.875. The van der Waals surface area contributed by atoms with Crippen molar-refractivity contribution < 1.29 is 31.6 Å². The molecule has 0 spiro atoms. The molecule has 0 radical (unpaired) electrons. The summed E-state index contributed by atoms with van der Waals surface area (Å²) in [7, 11) is -1.65. The summed E-state index contributed by atoms with van der Waals surface area (Å²) in [6.45, 7) is 0. The number of alkyl halides is 3. The highest BCUT2D eigenvalue weighted by molar-refractivity contribution is 7.54. The van der Waals surface area contributed by atoms with Gasteiger partial charge in [0.1, 0.15) is 11.6 Å². The van der Waals surface area contributed by atoms with E-state index in [9.17, 15) is 22.5 Å². The zero-order valence-corrected chi connectivity index (χ0v) is 9.73. The zero-order valence-electron chi connectivity index (χ0n) is 8.84. The first-order valence-electron chi connectivity index (χ1n) is 4.51. The van der Waals surface area contributed by atoms with Crippen molar-refractivity contribution in [3.8, 4) is 0 Å². The van der Waals surface area contributed by atoms with Crippen molar-refractivity contribution in [2.24, 2.45) is 5.41 Å². The molecular formula is C8H12F3O4P. The lowest BCUT2D eigenvalue weighted by Crippen LogP contribution is -2.34. The van der Waals surface area contributed by atoms with E-state index in [1.165, 1.54) is 0 Å². The minimum absolute atomic E-state index is 0.247. The van der Waals surface area contributed by atoms with Crippen LogP contribution in [0.15, 0.2) is 0 Å². The van der Waals surface area contributed by atoms with Gasteiger partial charge in [0.25, 0.3) is 0 Å². The summed E-state index contributed by atoms with van der Waals surface area (Å²) in [5.41, 5.74) is -2.32. The third kappa shape index (κ3) is 2.31. The first-order valence-corrected chi connectivity index (χ1v) is 6.24. The average molecular weight is 260 g/mol. The highest BCUT2D eigenvalue weighted by Gasteiger charge is 2.68. The second-order valence-electron chi connectivity index (χ2n) is 3.64. The van der Waals surface area contributed by atoms with E-state index in [0.29, 0.717) is 0 Å². The van der Waals surface area contributed by atoms with Crippen LogP contribution in [-0.4, -0.2) is 32.3 Å². The molecule has 1 saturated carbocycles. The molecule has 0 aliphatic heterocycles. The first kappa shape index (κ1) is 13.7. The first-order chi connectivity index (χ1) is 7.21. The Hall–Kier alpha value is -0.390. The number of Topliss-reactive ketones (excluding diaryl/α,β-unsaturated/α-hetero) is 1. The summed E-state index contributed by atoms with van der Waals surface area (Å²) in [6, 6.07) is 0. The number of carbonyl (C=O) groups is 1. The van der Waals surface area contributed by atoms with E-state index in [1.807, 2.05) is 0 Å². The predicted octanol–water partition coefficient (Wildman–Crippen LogP) is 2.38. The number of carbonyl (C=O) groups excluding carboxylic acids is 1. The number of ketones is 1. The van der Waals surface area contributed by atoms with Crippen molar-refractivity contribution in [3.05, 3.63) is 0 Å². The normalized spacial score (nSPS) is 19.6. The molecule has 16 heavy (non-hydrogen) atoms. The summed E-state index contributed by atoms with van der Waals surface area (Å²) in [5, 5.41) is 0. The minimum atomic E-state index is -4.59. The maximum absolute atomic E-state index is 12.5. The van der Waals surface area contributed by atoms with E-state index >= 15 is 0 Å². The van der Waals surface area contributed by atoms with Crippen LogP contribution >= 0.6 is 7.60 Å². The van der Waals surface area contributed by atoms with Gasteiger partial charge in [0, 0.05) is 14.2 Å². The van der Waals surface area contributed by atoms with E-state index in [1.54, 1.807) is 0 Å². The Morgan fingerprint density at radius 1 is 1.31 bits per heavy atom. The molecular weight excluding hydrogens is 248 g/mol. The summed E-state index contributed by atoms with van der Waals surface area (Å²) >= 11 is 0. The van der Waals surface area contributed by atoms with Crippen LogP contribution in [0.1, 0.15) is 12.8 Å². The Bertz CT molecular complexity index is 327. The molecule has 0 bridgehead atoms. The number of hydrogen-bond donors (Lipinski definition) is 0. The molecule has 0 saturated heterocycles. The fourth-order valence-electron chi connectivity index (χ4n) is 1.38. The van der Waals surface area contributed by atoms with Crippen LogP contribution in [0.4, 0.5) is 13.2 Å². The van der Waals surface area contributed by atoms with Gasteiger partial charge in [0.2, 0.25) is 0 Å². The molecule has 0 aromatic carbocycles. The van der Waals surface area contributed by atoms with Crippen molar-refractivity contribution in [2.75, 3.05) is 20.4 Å². The molecule has 8 heteroatoms. The third-order valence-corrected chi connectivity index (χ3v) is 4.51. The van der Waals surface area contributed by atoms with Gasteiger partial charge in [0.05, 0.1) is 0 Å². The lowest BCUT2D eigenvalue weighted by atomic mass is 10.0. The van der Waals surface area contributed by atoms with Crippen LogP contribution < -0.4 is 0 Å². The van der Waals surface area contributed by atoms with E-state index in [0.717, 1.165) is 14.2 Å². The molecule has 1 aliphatic rings. The molecule has 1 aliphatic carbocycles. The Morgan fingerprint density at radius 2 is 1.75 bits per heavy atom. The van der Waals surface area contributed by atoms with E-state index in [2.05, 4.69) is 9.05 Å². The maximum atomic E-state index is 12.5. The van der Waals surface area contributed by atoms with Gasteiger partial charge in [-0.05, 0) is 12.8 Å². The molecule has 1 fully saturated rings. The summed E-state index contributed by atoms with van der Waals surface area (Å²) in [4.78, 5) is 11.5. The lowest BCUT2D eigenvalue weighted by Gasteiger charge is -2.20. The Kier molecular flexibility index (Phi) is 3.53. The Labute approximate surface area is 90.6 Å². The van der Waals surface area contributed by atoms with Gasteiger partial charge >= 0.3 is 13.8 Å². The SMILES string of the molecule is COP(=O)(CC(=O)C1(C(F)(F)F)CC1)OC. The predicted molar refractivity (Wildman–Crippen MR) is 49.2 cm³/mol. The maximum Gasteiger partial charge on any atom is 0.401 e. The molecule has 0 amide bonds. The molecule has 0 heterocycles. The van der Waals surface area contributed by atoms with Gasteiger partial charge < -0.3 is 9.05 Å². The van der Waals surface area contributed by atoms with Gasteiger partial charge in [-0.25, -0.2) is 0 Å². The van der Waals surface area contributed by atoms with Gasteiger partial charge in [0.15, 0.2) is 5.78 Å². The van der Waals surface area contributed by atoms with E-state index in [-0.39, 0.29) is 12.8 Å². The van der Waals surface area contributed by atoms with Crippen molar-refractivity contribution in [3.63, 3.8) is 0 Å². The largest absolute Gasteiger partial charge is 0.401 e. The molecule has 1 rings (SSSR count). The summed E-state index contributed by atoms with van der Waals surface area (Å²) in [6.07, 6.45) is -5.92. The van der Waals surface area contributed by atoms with Crippen molar-refractivity contribution in [2.45, 2.75) is 19.0 Å². The minimum Gasteiger partial charge on any atom is -0.312 e. The van der Waals surface area contributed by atoms with Crippen molar-refractivity contribution in [1.29, 1.82) is 0 Å². The topological polar surface area (TPSA) is 52.6 Å². The molecule has 0 aromatic heterocycles. The summed E-state index contributed by atoms with van der Waals surface area (Å²) < 4.78 is 58.0. The molecule has 94 valence electrons. The second-order valence-corrected chi connectivity index (χ2v) is 5.91. The fourth-order valence-corrected chi connectivity index (χ4v) is 2.44. The molecule has 4 nitrogen and oxygen atoms in total. The number of rotatable bonds is 5. The van der Waals surface area contributed by atoms with Gasteiger partial charge in [-0.15, -0.1) is 0 Å². The molecule has 0 unspecified atom stereocenters. The highest BCUT2D eigenvalue weighted by atomic mass is 31.2. The number of hydrogen-bond acceptors (Lipinski definition) is 4.